The van der Waals surface area contributed by atoms with Crippen molar-refractivity contribution in [3.63, 3.8) is 0 Å². The number of nitrogens with one attached hydrogen (secondary N) is 2. The number of hydrogen-bond acceptors (Lipinski definition) is 2. The Hall–Kier alpha value is -2.36. The highest BCUT2D eigenvalue weighted by Crippen LogP contribution is 2.25. The third-order valence-electron chi connectivity index (χ3n) is 3.51. The van der Waals surface area contributed by atoms with Gasteiger partial charge in [-0.2, -0.15) is 0 Å². The summed E-state index contributed by atoms with van der Waals surface area (Å²) in [5.41, 5.74) is 3.10. The van der Waals surface area contributed by atoms with Crippen LogP contribution in [0.2, 0.25) is 0 Å². The lowest BCUT2D eigenvalue weighted by molar-refractivity contribution is -0.121. The van der Waals surface area contributed by atoms with Gasteiger partial charge in [0.1, 0.15) is 0 Å². The fourth-order valence-corrected chi connectivity index (χ4v) is 2.57. The summed E-state index contributed by atoms with van der Waals surface area (Å²) >= 11 is 0. The fourth-order valence-electron chi connectivity index (χ4n) is 2.57. The van der Waals surface area contributed by atoms with Crippen LogP contribution in [0.15, 0.2) is 36.5 Å². The van der Waals surface area contributed by atoms with E-state index >= 15 is 0 Å². The molecule has 4 heteroatoms. The number of benzene rings is 1. The fraction of sp³-hybridized carbons (Fsp3) is 0.294. The molecule has 0 spiro atoms. The van der Waals surface area contributed by atoms with Crippen LogP contribution in [0.3, 0.4) is 0 Å². The Kier molecular flexibility index (Phi) is 3.60. The van der Waals surface area contributed by atoms with Gasteiger partial charge < -0.3 is 10.3 Å². The zero-order chi connectivity index (χ0) is 14.8. The third kappa shape index (κ3) is 2.89. The zero-order valence-corrected chi connectivity index (χ0v) is 12.3. The highest BCUT2D eigenvalue weighted by Gasteiger charge is 2.08. The van der Waals surface area contributed by atoms with E-state index in [0.717, 1.165) is 16.7 Å². The van der Waals surface area contributed by atoms with Gasteiger partial charge in [-0.3, -0.25) is 9.78 Å². The number of pyridine rings is 1. The molecule has 3 rings (SSSR count). The quantitative estimate of drug-likeness (QED) is 0.771. The Labute approximate surface area is 123 Å². The SMILES string of the molecule is CC(C)NC(=O)CCc1cc2c(cn1)[nH]c1ccccc12. The molecule has 4 nitrogen and oxygen atoms in total. The molecule has 3 aromatic rings. The molecule has 2 aromatic heterocycles. The smallest absolute Gasteiger partial charge is 0.220 e. The minimum Gasteiger partial charge on any atom is -0.354 e. The van der Waals surface area contributed by atoms with Crippen LogP contribution in [0, 0.1) is 0 Å². The number of aromatic nitrogens is 2. The second kappa shape index (κ2) is 5.56. The van der Waals surface area contributed by atoms with Crippen molar-refractivity contribution in [2.75, 3.05) is 0 Å². The van der Waals surface area contributed by atoms with Gasteiger partial charge in [-0.25, -0.2) is 0 Å². The van der Waals surface area contributed by atoms with Crippen LogP contribution < -0.4 is 5.32 Å². The summed E-state index contributed by atoms with van der Waals surface area (Å²) in [7, 11) is 0. The molecule has 0 aliphatic rings. The van der Waals surface area contributed by atoms with Crippen LogP contribution in [0.1, 0.15) is 26.0 Å². The average molecular weight is 281 g/mol. The number of carbonyl (C=O) groups excluding carboxylic acids is 1. The lowest BCUT2D eigenvalue weighted by Gasteiger charge is -2.07. The van der Waals surface area contributed by atoms with Crippen molar-refractivity contribution in [3.8, 4) is 0 Å². The van der Waals surface area contributed by atoms with Crippen molar-refractivity contribution >= 4 is 27.7 Å². The van der Waals surface area contributed by atoms with Crippen LogP contribution in [0.4, 0.5) is 0 Å². The second-order valence-electron chi connectivity index (χ2n) is 5.61. The first-order chi connectivity index (χ1) is 10.1. The van der Waals surface area contributed by atoms with E-state index in [1.54, 1.807) is 0 Å². The molecule has 0 saturated heterocycles. The van der Waals surface area contributed by atoms with Crippen LogP contribution >= 0.6 is 0 Å². The van der Waals surface area contributed by atoms with Gasteiger partial charge in [0.15, 0.2) is 0 Å². The zero-order valence-electron chi connectivity index (χ0n) is 12.3. The molecule has 108 valence electrons. The maximum Gasteiger partial charge on any atom is 0.220 e. The minimum absolute atomic E-state index is 0.0748. The Morgan fingerprint density at radius 3 is 2.86 bits per heavy atom. The largest absolute Gasteiger partial charge is 0.354 e. The summed E-state index contributed by atoms with van der Waals surface area (Å²) in [6, 6.07) is 10.5. The van der Waals surface area contributed by atoms with Gasteiger partial charge in [-0.15, -0.1) is 0 Å². The number of carbonyl (C=O) groups is 1. The topological polar surface area (TPSA) is 57.8 Å². The van der Waals surface area contributed by atoms with E-state index in [4.69, 9.17) is 0 Å². The number of aryl methyl sites for hydroxylation is 1. The normalized spacial score (nSPS) is 11.4. The number of H-pyrrole nitrogens is 1. The Bertz CT molecular complexity index is 789. The summed E-state index contributed by atoms with van der Waals surface area (Å²) in [5.74, 6) is 0.0748. The molecule has 1 aromatic carbocycles. The number of para-hydroxylation sites is 1. The van der Waals surface area contributed by atoms with Crippen LogP contribution in [-0.2, 0) is 11.2 Å². The summed E-state index contributed by atoms with van der Waals surface area (Å²) in [5, 5.41) is 5.27. The molecule has 0 aliphatic carbocycles. The molecular weight excluding hydrogens is 262 g/mol. The summed E-state index contributed by atoms with van der Waals surface area (Å²) in [4.78, 5) is 19.5. The van der Waals surface area contributed by atoms with Gasteiger partial charge in [0.2, 0.25) is 5.91 Å². The van der Waals surface area contributed by atoms with E-state index in [0.29, 0.717) is 12.8 Å². The number of amides is 1. The first-order valence-corrected chi connectivity index (χ1v) is 7.28. The van der Waals surface area contributed by atoms with Gasteiger partial charge in [0, 0.05) is 34.4 Å². The van der Waals surface area contributed by atoms with Gasteiger partial charge in [0.05, 0.1) is 11.7 Å². The highest BCUT2D eigenvalue weighted by molar-refractivity contribution is 6.06. The maximum atomic E-state index is 11.7. The first kappa shape index (κ1) is 13.6. The number of hydrogen-bond donors (Lipinski definition) is 2. The number of rotatable bonds is 4. The molecule has 0 unspecified atom stereocenters. The van der Waals surface area contributed by atoms with Gasteiger partial charge in [-0.1, -0.05) is 18.2 Å². The molecule has 0 fully saturated rings. The summed E-state index contributed by atoms with van der Waals surface area (Å²) in [6.07, 6.45) is 2.98. The van der Waals surface area contributed by atoms with E-state index in [-0.39, 0.29) is 11.9 Å². The van der Waals surface area contributed by atoms with Crippen molar-refractivity contribution in [3.05, 3.63) is 42.2 Å². The summed E-state index contributed by atoms with van der Waals surface area (Å²) in [6.45, 7) is 3.93. The van der Waals surface area contributed by atoms with Crippen molar-refractivity contribution in [2.24, 2.45) is 0 Å². The van der Waals surface area contributed by atoms with Crippen LogP contribution in [0.25, 0.3) is 21.8 Å². The van der Waals surface area contributed by atoms with Gasteiger partial charge >= 0.3 is 0 Å². The van der Waals surface area contributed by atoms with E-state index in [1.807, 2.05) is 32.2 Å². The predicted octanol–water partition coefficient (Wildman–Crippen LogP) is 3.17. The molecule has 0 radical (unpaired) electrons. The molecule has 1 amide bonds. The first-order valence-electron chi connectivity index (χ1n) is 7.28. The van der Waals surface area contributed by atoms with E-state index in [2.05, 4.69) is 33.5 Å². The van der Waals surface area contributed by atoms with Gasteiger partial charge in [0.25, 0.3) is 0 Å². The monoisotopic (exact) mass is 281 g/mol. The molecule has 0 bridgehead atoms. The minimum atomic E-state index is 0.0748. The molecule has 21 heavy (non-hydrogen) atoms. The van der Waals surface area contributed by atoms with E-state index < -0.39 is 0 Å². The van der Waals surface area contributed by atoms with Crippen molar-refractivity contribution in [1.82, 2.24) is 15.3 Å². The van der Waals surface area contributed by atoms with E-state index in [1.165, 1.54) is 10.8 Å². The van der Waals surface area contributed by atoms with Crippen molar-refractivity contribution in [2.45, 2.75) is 32.7 Å². The molecule has 0 saturated carbocycles. The predicted molar refractivity (Wildman–Crippen MR) is 85.2 cm³/mol. The molecule has 2 heterocycles. The van der Waals surface area contributed by atoms with E-state index in [9.17, 15) is 4.79 Å². The highest BCUT2D eigenvalue weighted by atomic mass is 16.1. The molecule has 0 aliphatic heterocycles. The van der Waals surface area contributed by atoms with Crippen LogP contribution in [0.5, 0.6) is 0 Å². The summed E-state index contributed by atoms with van der Waals surface area (Å²) < 4.78 is 0. The van der Waals surface area contributed by atoms with Gasteiger partial charge in [-0.05, 0) is 32.4 Å². The maximum absolute atomic E-state index is 11.7. The van der Waals surface area contributed by atoms with Crippen molar-refractivity contribution < 1.29 is 4.79 Å². The Balaban J connectivity index is 1.83. The lowest BCUT2D eigenvalue weighted by Crippen LogP contribution is -2.30. The Morgan fingerprint density at radius 1 is 1.24 bits per heavy atom. The standard InChI is InChI=1S/C17H19N3O/c1-11(2)19-17(21)8-7-12-9-14-13-5-3-4-6-15(13)20-16(14)10-18-12/h3-6,9-11,20H,7-8H2,1-2H3,(H,19,21). The average Bonchev–Trinajstić information content (AvgIpc) is 2.82. The molecular formula is C17H19N3O. The second-order valence-corrected chi connectivity index (χ2v) is 5.61. The third-order valence-corrected chi connectivity index (χ3v) is 3.51. The molecule has 2 N–H and O–H groups in total. The van der Waals surface area contributed by atoms with Crippen molar-refractivity contribution in [1.29, 1.82) is 0 Å². The Morgan fingerprint density at radius 2 is 2.05 bits per heavy atom. The van der Waals surface area contributed by atoms with Crippen LogP contribution in [-0.4, -0.2) is 21.9 Å². The number of fused-ring (bicyclic) bond motifs is 3. The number of nitrogens with zero attached hydrogens (tertiary/aromatic N) is 1. The number of aromatic amines is 1. The molecule has 0 atom stereocenters. The lowest BCUT2D eigenvalue weighted by atomic mass is 10.1.